The Balaban J connectivity index is 1.42. The number of ether oxygens (including phenoxy) is 2. The number of rotatable bonds is 5. The molecule has 0 aliphatic carbocycles. The number of piperidine rings is 1. The van der Waals surface area contributed by atoms with E-state index in [4.69, 9.17) is 9.47 Å². The van der Waals surface area contributed by atoms with Crippen LogP contribution in [0.5, 0.6) is 11.5 Å². The zero-order valence-corrected chi connectivity index (χ0v) is 18.9. The minimum Gasteiger partial charge on any atom is -0.497 e. The van der Waals surface area contributed by atoms with Crippen LogP contribution in [-0.4, -0.2) is 55.5 Å². The molecule has 0 bridgehead atoms. The third kappa shape index (κ3) is 4.65. The van der Waals surface area contributed by atoms with Gasteiger partial charge in [0.25, 0.3) is 5.91 Å². The van der Waals surface area contributed by atoms with Crippen LogP contribution in [0.2, 0.25) is 0 Å². The van der Waals surface area contributed by atoms with E-state index in [9.17, 15) is 18.4 Å². The number of benzene rings is 2. The quantitative estimate of drug-likeness (QED) is 0.674. The molecule has 2 aliphatic rings. The van der Waals surface area contributed by atoms with Crippen molar-refractivity contribution in [3.8, 4) is 11.5 Å². The Morgan fingerprint density at radius 2 is 1.70 bits per heavy atom. The van der Waals surface area contributed by atoms with Crippen molar-refractivity contribution in [2.24, 2.45) is 5.92 Å². The first-order valence-corrected chi connectivity index (χ1v) is 11.2. The number of halogens is 2. The predicted molar refractivity (Wildman–Crippen MR) is 118 cm³/mol. The molecular formula is C25H28F2N2O4. The van der Waals surface area contributed by atoms with E-state index in [1.165, 1.54) is 11.0 Å². The summed E-state index contributed by atoms with van der Waals surface area (Å²) in [6, 6.07) is 8.55. The fraction of sp³-hybridized carbons (Fsp3) is 0.440. The van der Waals surface area contributed by atoms with Gasteiger partial charge in [0.1, 0.15) is 23.1 Å². The molecule has 8 heteroatoms. The molecule has 4 rings (SSSR count). The molecule has 0 spiro atoms. The Hall–Kier alpha value is -3.16. The maximum Gasteiger partial charge on any atom is 0.256 e. The molecule has 0 saturated carbocycles. The Morgan fingerprint density at radius 1 is 0.939 bits per heavy atom. The van der Waals surface area contributed by atoms with E-state index in [0.717, 1.165) is 24.5 Å². The number of likely N-dealkylation sites (tertiary alicyclic amines) is 2. The molecule has 0 N–H and O–H groups in total. The molecule has 1 atom stereocenters. The normalized spacial score (nSPS) is 19.0. The van der Waals surface area contributed by atoms with Gasteiger partial charge in [-0.25, -0.2) is 8.78 Å². The highest BCUT2D eigenvalue weighted by molar-refractivity contribution is 5.94. The lowest BCUT2D eigenvalue weighted by Crippen LogP contribution is -2.44. The fourth-order valence-electron chi connectivity index (χ4n) is 4.84. The first-order chi connectivity index (χ1) is 15.9. The van der Waals surface area contributed by atoms with Gasteiger partial charge < -0.3 is 19.3 Å². The van der Waals surface area contributed by atoms with Crippen molar-refractivity contribution in [1.29, 1.82) is 0 Å². The summed E-state index contributed by atoms with van der Waals surface area (Å²) in [4.78, 5) is 29.5. The number of methoxy groups -OCH3 is 2. The van der Waals surface area contributed by atoms with Gasteiger partial charge in [-0.05, 0) is 49.9 Å². The van der Waals surface area contributed by atoms with Gasteiger partial charge in [-0.2, -0.15) is 0 Å². The summed E-state index contributed by atoms with van der Waals surface area (Å²) in [7, 11) is 3.21. The Kier molecular flexibility index (Phi) is 6.81. The maximum atomic E-state index is 14.0. The van der Waals surface area contributed by atoms with E-state index in [-0.39, 0.29) is 23.4 Å². The van der Waals surface area contributed by atoms with Crippen molar-refractivity contribution >= 4 is 11.8 Å². The van der Waals surface area contributed by atoms with Crippen LogP contribution in [0.15, 0.2) is 36.4 Å². The summed E-state index contributed by atoms with van der Waals surface area (Å²) in [6.45, 7) is 1.39. The predicted octanol–water partition coefficient (Wildman–Crippen LogP) is 4.20. The summed E-state index contributed by atoms with van der Waals surface area (Å²) in [5.74, 6) is -0.789. The van der Waals surface area contributed by atoms with Crippen LogP contribution in [0.3, 0.4) is 0 Å². The highest BCUT2D eigenvalue weighted by Crippen LogP contribution is 2.40. The van der Waals surface area contributed by atoms with Crippen LogP contribution in [-0.2, 0) is 4.79 Å². The molecule has 0 unspecified atom stereocenters. The SMILES string of the molecule is COc1ccc([C@@H]2CCCN2C(=O)C2CCN(C(=O)c3ccc(F)cc3F)CC2)c(OC)c1. The lowest BCUT2D eigenvalue weighted by Gasteiger charge is -2.35. The van der Waals surface area contributed by atoms with Gasteiger partial charge in [-0.3, -0.25) is 9.59 Å². The summed E-state index contributed by atoms with van der Waals surface area (Å²) in [5, 5.41) is 0. The monoisotopic (exact) mass is 458 g/mol. The number of carbonyl (C=O) groups is 2. The van der Waals surface area contributed by atoms with Crippen molar-refractivity contribution in [2.75, 3.05) is 33.9 Å². The number of carbonyl (C=O) groups excluding carboxylic acids is 2. The third-order valence-electron chi connectivity index (χ3n) is 6.63. The highest BCUT2D eigenvalue weighted by Gasteiger charge is 2.37. The minimum atomic E-state index is -0.869. The van der Waals surface area contributed by atoms with Gasteiger partial charge in [-0.1, -0.05) is 0 Å². The van der Waals surface area contributed by atoms with Crippen LogP contribution < -0.4 is 9.47 Å². The van der Waals surface area contributed by atoms with E-state index in [1.54, 1.807) is 14.2 Å². The molecule has 6 nitrogen and oxygen atoms in total. The molecular weight excluding hydrogens is 430 g/mol. The van der Waals surface area contributed by atoms with Gasteiger partial charge in [0.2, 0.25) is 5.91 Å². The van der Waals surface area contributed by atoms with Crippen LogP contribution in [0.1, 0.15) is 47.6 Å². The Labute approximate surface area is 192 Å². The first-order valence-electron chi connectivity index (χ1n) is 11.2. The van der Waals surface area contributed by atoms with E-state index in [0.29, 0.717) is 50.0 Å². The standard InChI is InChI=1S/C25H28F2N2O4/c1-32-18-6-8-20(23(15-18)33-2)22-4-3-11-29(22)24(30)16-9-12-28(13-10-16)25(31)19-7-5-17(26)14-21(19)27/h5-8,14-16,22H,3-4,9-13H2,1-2H3/t22-/m0/s1. The van der Waals surface area contributed by atoms with Gasteiger partial charge in [0.15, 0.2) is 0 Å². The van der Waals surface area contributed by atoms with Crippen LogP contribution >= 0.6 is 0 Å². The molecule has 2 fully saturated rings. The molecule has 33 heavy (non-hydrogen) atoms. The summed E-state index contributed by atoms with van der Waals surface area (Å²) in [5.41, 5.74) is 0.816. The Morgan fingerprint density at radius 3 is 2.36 bits per heavy atom. The van der Waals surface area contributed by atoms with Crippen LogP contribution in [0.4, 0.5) is 8.78 Å². The summed E-state index contributed by atoms with van der Waals surface area (Å²) >= 11 is 0. The van der Waals surface area contributed by atoms with Crippen molar-refractivity contribution in [1.82, 2.24) is 9.80 Å². The zero-order valence-electron chi connectivity index (χ0n) is 18.9. The summed E-state index contributed by atoms with van der Waals surface area (Å²) < 4.78 is 38.0. The maximum absolute atomic E-state index is 14.0. The minimum absolute atomic E-state index is 0.0636. The molecule has 176 valence electrons. The molecule has 0 radical (unpaired) electrons. The van der Waals surface area contributed by atoms with E-state index >= 15 is 0 Å². The van der Waals surface area contributed by atoms with E-state index in [1.807, 2.05) is 23.1 Å². The molecule has 0 aromatic heterocycles. The van der Waals surface area contributed by atoms with E-state index < -0.39 is 17.5 Å². The van der Waals surface area contributed by atoms with Gasteiger partial charge in [0.05, 0.1) is 25.8 Å². The second-order valence-corrected chi connectivity index (χ2v) is 8.49. The van der Waals surface area contributed by atoms with Crippen molar-refractivity contribution < 1.29 is 27.8 Å². The number of hydrogen-bond acceptors (Lipinski definition) is 4. The first kappa shape index (κ1) is 23.0. The molecule has 2 aromatic carbocycles. The smallest absolute Gasteiger partial charge is 0.256 e. The van der Waals surface area contributed by atoms with Gasteiger partial charge in [-0.15, -0.1) is 0 Å². The molecule has 2 amide bonds. The van der Waals surface area contributed by atoms with Crippen molar-refractivity contribution in [3.05, 3.63) is 59.2 Å². The lowest BCUT2D eigenvalue weighted by molar-refractivity contribution is -0.137. The largest absolute Gasteiger partial charge is 0.497 e. The molecule has 2 saturated heterocycles. The van der Waals surface area contributed by atoms with Gasteiger partial charge in [0, 0.05) is 43.2 Å². The molecule has 2 aliphatic heterocycles. The average Bonchev–Trinajstić information content (AvgIpc) is 3.32. The second-order valence-electron chi connectivity index (χ2n) is 8.49. The topological polar surface area (TPSA) is 59.1 Å². The van der Waals surface area contributed by atoms with E-state index in [2.05, 4.69) is 0 Å². The number of nitrogens with zero attached hydrogens (tertiary/aromatic N) is 2. The zero-order chi connectivity index (χ0) is 23.5. The molecule has 2 aromatic rings. The fourth-order valence-corrected chi connectivity index (χ4v) is 4.84. The molecule has 2 heterocycles. The number of amides is 2. The summed E-state index contributed by atoms with van der Waals surface area (Å²) in [6.07, 6.45) is 2.79. The van der Waals surface area contributed by atoms with Crippen LogP contribution in [0.25, 0.3) is 0 Å². The number of hydrogen-bond donors (Lipinski definition) is 0. The second kappa shape index (κ2) is 9.77. The van der Waals surface area contributed by atoms with Gasteiger partial charge >= 0.3 is 0 Å². The van der Waals surface area contributed by atoms with Crippen molar-refractivity contribution in [2.45, 2.75) is 31.7 Å². The highest BCUT2D eigenvalue weighted by atomic mass is 19.1. The average molecular weight is 459 g/mol. The lowest BCUT2D eigenvalue weighted by atomic mass is 9.93. The third-order valence-corrected chi connectivity index (χ3v) is 6.63. The Bertz CT molecular complexity index is 1040. The van der Waals surface area contributed by atoms with Crippen molar-refractivity contribution in [3.63, 3.8) is 0 Å². The van der Waals surface area contributed by atoms with Crippen LogP contribution in [0, 0.1) is 17.6 Å².